The van der Waals surface area contributed by atoms with Crippen LogP contribution in [0.5, 0.6) is 5.75 Å². The number of aryl methyl sites for hydroxylation is 2. The van der Waals surface area contributed by atoms with E-state index in [-0.39, 0.29) is 12.5 Å². The Morgan fingerprint density at radius 3 is 2.47 bits per heavy atom. The monoisotopic (exact) mass is 432 g/mol. The molecule has 0 fully saturated rings. The second-order valence-electron chi connectivity index (χ2n) is 7.31. The van der Waals surface area contributed by atoms with Gasteiger partial charge in [-0.2, -0.15) is 0 Å². The summed E-state index contributed by atoms with van der Waals surface area (Å²) in [5.41, 5.74) is 2.83. The molecule has 0 aromatic heterocycles. The molecule has 0 spiro atoms. The molecular formula is C23H32N2O4S. The minimum Gasteiger partial charge on any atom is -0.494 e. The van der Waals surface area contributed by atoms with Crippen molar-refractivity contribution in [3.05, 3.63) is 59.7 Å². The van der Waals surface area contributed by atoms with Crippen LogP contribution in [0.15, 0.2) is 48.5 Å². The number of benzene rings is 2. The first-order valence-corrected chi connectivity index (χ1v) is 12.2. The predicted molar refractivity (Wildman–Crippen MR) is 122 cm³/mol. The van der Waals surface area contributed by atoms with E-state index in [1.54, 1.807) is 6.07 Å². The molecule has 0 aliphatic rings. The summed E-state index contributed by atoms with van der Waals surface area (Å²) < 4.78 is 31.1. The standard InChI is InChI=1S/C23H32N2O4S/c1-4-29-22-14-12-20(13-15-22)9-6-16-24-23(26)11-7-17-25(30(3,27)28)21-10-5-8-19(2)18-21/h5,8,10,12-15,18H,4,6-7,9,11,16-17H2,1-3H3,(H,24,26). The highest BCUT2D eigenvalue weighted by molar-refractivity contribution is 7.92. The Morgan fingerprint density at radius 1 is 1.10 bits per heavy atom. The van der Waals surface area contributed by atoms with E-state index in [4.69, 9.17) is 4.74 Å². The zero-order chi connectivity index (χ0) is 22.0. The predicted octanol–water partition coefficient (Wildman–Crippen LogP) is 3.69. The average Bonchev–Trinajstić information content (AvgIpc) is 2.69. The third-order valence-electron chi connectivity index (χ3n) is 4.65. The van der Waals surface area contributed by atoms with Gasteiger partial charge >= 0.3 is 0 Å². The van der Waals surface area contributed by atoms with Crippen LogP contribution in [0.3, 0.4) is 0 Å². The van der Waals surface area contributed by atoms with Crippen LogP contribution in [0.2, 0.25) is 0 Å². The van der Waals surface area contributed by atoms with Crippen molar-refractivity contribution in [1.82, 2.24) is 5.32 Å². The molecule has 1 amide bonds. The second kappa shape index (κ2) is 11.6. The van der Waals surface area contributed by atoms with Gasteiger partial charge in [-0.15, -0.1) is 0 Å². The topological polar surface area (TPSA) is 75.7 Å². The van der Waals surface area contributed by atoms with Crippen molar-refractivity contribution >= 4 is 21.6 Å². The van der Waals surface area contributed by atoms with Crippen molar-refractivity contribution in [3.8, 4) is 5.75 Å². The van der Waals surface area contributed by atoms with Crippen LogP contribution in [0.4, 0.5) is 5.69 Å². The summed E-state index contributed by atoms with van der Waals surface area (Å²) in [6, 6.07) is 15.4. The summed E-state index contributed by atoms with van der Waals surface area (Å²) in [4.78, 5) is 12.1. The summed E-state index contributed by atoms with van der Waals surface area (Å²) in [5.74, 6) is 0.808. The second-order valence-corrected chi connectivity index (χ2v) is 9.21. The maximum absolute atomic E-state index is 12.1. The van der Waals surface area contributed by atoms with Gasteiger partial charge in [0.15, 0.2) is 0 Å². The first kappa shape index (κ1) is 23.7. The number of hydrogen-bond acceptors (Lipinski definition) is 4. The third-order valence-corrected chi connectivity index (χ3v) is 5.85. The molecule has 7 heteroatoms. The third kappa shape index (κ3) is 8.06. The normalized spacial score (nSPS) is 11.2. The van der Waals surface area contributed by atoms with E-state index >= 15 is 0 Å². The van der Waals surface area contributed by atoms with Crippen molar-refractivity contribution in [2.45, 2.75) is 39.5 Å². The Hall–Kier alpha value is -2.54. The molecule has 1 N–H and O–H groups in total. The number of sulfonamides is 1. The Morgan fingerprint density at radius 2 is 1.83 bits per heavy atom. The van der Waals surface area contributed by atoms with Gasteiger partial charge in [0.2, 0.25) is 15.9 Å². The van der Waals surface area contributed by atoms with E-state index in [0.29, 0.717) is 31.7 Å². The van der Waals surface area contributed by atoms with Gasteiger partial charge in [-0.25, -0.2) is 8.42 Å². The Bertz CT molecular complexity index is 911. The van der Waals surface area contributed by atoms with Crippen LogP contribution in [0.1, 0.15) is 37.3 Å². The van der Waals surface area contributed by atoms with Gasteiger partial charge in [0, 0.05) is 19.5 Å². The lowest BCUT2D eigenvalue weighted by Crippen LogP contribution is -2.32. The van der Waals surface area contributed by atoms with Gasteiger partial charge in [0.25, 0.3) is 0 Å². The van der Waals surface area contributed by atoms with Crippen LogP contribution in [-0.2, 0) is 21.2 Å². The number of carbonyl (C=O) groups excluding carboxylic acids is 1. The molecule has 0 atom stereocenters. The van der Waals surface area contributed by atoms with Crippen LogP contribution < -0.4 is 14.4 Å². The summed E-state index contributed by atoms with van der Waals surface area (Å²) >= 11 is 0. The van der Waals surface area contributed by atoms with E-state index in [1.165, 1.54) is 16.1 Å². The number of hydrogen-bond donors (Lipinski definition) is 1. The first-order chi connectivity index (χ1) is 14.3. The van der Waals surface area contributed by atoms with Crippen LogP contribution in [0.25, 0.3) is 0 Å². The Kier molecular flexibility index (Phi) is 9.17. The zero-order valence-electron chi connectivity index (χ0n) is 18.1. The molecule has 0 aliphatic carbocycles. The fourth-order valence-corrected chi connectivity index (χ4v) is 4.14. The maximum atomic E-state index is 12.1. The van der Waals surface area contributed by atoms with Gasteiger partial charge in [0.05, 0.1) is 18.6 Å². The lowest BCUT2D eigenvalue weighted by molar-refractivity contribution is -0.121. The van der Waals surface area contributed by atoms with Gasteiger partial charge < -0.3 is 10.1 Å². The molecule has 2 rings (SSSR count). The summed E-state index contributed by atoms with van der Waals surface area (Å²) in [6.45, 7) is 5.41. The molecule has 30 heavy (non-hydrogen) atoms. The van der Waals surface area contributed by atoms with E-state index in [0.717, 1.165) is 24.2 Å². The highest BCUT2D eigenvalue weighted by Gasteiger charge is 2.17. The van der Waals surface area contributed by atoms with E-state index in [2.05, 4.69) is 5.32 Å². The number of ether oxygens (including phenoxy) is 1. The molecule has 0 aliphatic heterocycles. The minimum atomic E-state index is -3.40. The fraction of sp³-hybridized carbons (Fsp3) is 0.435. The average molecular weight is 433 g/mol. The molecule has 2 aromatic rings. The quantitative estimate of drug-likeness (QED) is 0.519. The van der Waals surface area contributed by atoms with E-state index in [1.807, 2.05) is 56.3 Å². The molecule has 0 unspecified atom stereocenters. The molecule has 6 nitrogen and oxygen atoms in total. The van der Waals surface area contributed by atoms with Crippen molar-refractivity contribution < 1.29 is 17.9 Å². The highest BCUT2D eigenvalue weighted by atomic mass is 32.2. The van der Waals surface area contributed by atoms with E-state index in [9.17, 15) is 13.2 Å². The zero-order valence-corrected chi connectivity index (χ0v) is 18.9. The molecule has 0 radical (unpaired) electrons. The number of carbonyl (C=O) groups is 1. The molecule has 0 saturated carbocycles. The highest BCUT2D eigenvalue weighted by Crippen LogP contribution is 2.19. The summed E-state index contributed by atoms with van der Waals surface area (Å²) in [6.07, 6.45) is 3.67. The van der Waals surface area contributed by atoms with Gasteiger partial charge in [0.1, 0.15) is 5.75 Å². The largest absolute Gasteiger partial charge is 0.494 e. The molecule has 164 valence electrons. The summed E-state index contributed by atoms with van der Waals surface area (Å²) in [5, 5.41) is 2.91. The Balaban J connectivity index is 1.71. The van der Waals surface area contributed by atoms with Crippen molar-refractivity contribution in [2.24, 2.45) is 0 Å². The fourth-order valence-electron chi connectivity index (χ4n) is 3.18. The van der Waals surface area contributed by atoms with Crippen molar-refractivity contribution in [3.63, 3.8) is 0 Å². The minimum absolute atomic E-state index is 0.0561. The number of anilines is 1. The number of nitrogens with one attached hydrogen (secondary N) is 1. The van der Waals surface area contributed by atoms with Crippen LogP contribution in [0, 0.1) is 6.92 Å². The van der Waals surface area contributed by atoms with Crippen molar-refractivity contribution in [2.75, 3.05) is 30.3 Å². The first-order valence-electron chi connectivity index (χ1n) is 10.3. The Labute approximate surface area is 180 Å². The molecular weight excluding hydrogens is 400 g/mol. The molecule has 0 heterocycles. The van der Waals surface area contributed by atoms with Gasteiger partial charge in [-0.1, -0.05) is 24.3 Å². The van der Waals surface area contributed by atoms with Gasteiger partial charge in [-0.05, 0) is 68.5 Å². The van der Waals surface area contributed by atoms with E-state index < -0.39 is 10.0 Å². The van der Waals surface area contributed by atoms with Crippen molar-refractivity contribution in [1.29, 1.82) is 0 Å². The number of rotatable bonds is 12. The maximum Gasteiger partial charge on any atom is 0.232 e. The molecule has 0 saturated heterocycles. The molecule has 2 aromatic carbocycles. The number of nitrogens with zero attached hydrogens (tertiary/aromatic N) is 1. The SMILES string of the molecule is CCOc1ccc(CCCNC(=O)CCCN(c2cccc(C)c2)S(C)(=O)=O)cc1. The molecule has 0 bridgehead atoms. The summed E-state index contributed by atoms with van der Waals surface area (Å²) in [7, 11) is -3.40. The smallest absolute Gasteiger partial charge is 0.232 e. The van der Waals surface area contributed by atoms with Gasteiger partial charge in [-0.3, -0.25) is 9.10 Å². The van der Waals surface area contributed by atoms with Crippen LogP contribution in [-0.4, -0.2) is 40.3 Å². The van der Waals surface area contributed by atoms with Crippen LogP contribution >= 0.6 is 0 Å². The number of amides is 1. The lowest BCUT2D eigenvalue weighted by Gasteiger charge is -2.22. The lowest BCUT2D eigenvalue weighted by atomic mass is 10.1.